The van der Waals surface area contributed by atoms with Crippen molar-refractivity contribution in [2.75, 3.05) is 6.54 Å². The Morgan fingerprint density at radius 1 is 1.38 bits per heavy atom. The molecule has 0 aromatic rings. The Hall–Kier alpha value is -1.24. The van der Waals surface area contributed by atoms with Crippen LogP contribution >= 0.6 is 0 Å². The van der Waals surface area contributed by atoms with Crippen LogP contribution in [0, 0.1) is 5.41 Å². The lowest BCUT2D eigenvalue weighted by molar-refractivity contribution is 0.616. The molecule has 1 nitrogen and oxygen atoms in total. The number of nitrogens with one attached hydrogen (secondary N) is 1. The Morgan fingerprint density at radius 3 is 3.08 bits per heavy atom. The number of hydrogen-bond acceptors (Lipinski definition) is 1. The molecule has 0 radical (unpaired) electrons. The summed E-state index contributed by atoms with van der Waals surface area (Å²) in [5.41, 5.74) is 2.71. The summed E-state index contributed by atoms with van der Waals surface area (Å²) < 4.78 is 0. The first-order valence-electron chi connectivity index (χ1n) is 4.71. The zero-order valence-corrected chi connectivity index (χ0v) is 8.17. The van der Waals surface area contributed by atoms with E-state index in [1.165, 1.54) is 11.3 Å². The Kier molecular flexibility index (Phi) is 1.87. The van der Waals surface area contributed by atoms with Gasteiger partial charge in [0.05, 0.1) is 0 Å². The predicted molar refractivity (Wildman–Crippen MR) is 56.2 cm³/mol. The zero-order valence-electron chi connectivity index (χ0n) is 8.17. The molecule has 0 saturated heterocycles. The van der Waals surface area contributed by atoms with Crippen LogP contribution in [0.3, 0.4) is 0 Å². The summed E-state index contributed by atoms with van der Waals surface area (Å²) in [6.07, 6.45) is 13.1. The molecule has 1 aliphatic heterocycles. The quantitative estimate of drug-likeness (QED) is 0.593. The van der Waals surface area contributed by atoms with Crippen molar-refractivity contribution < 1.29 is 0 Å². The average molecular weight is 173 g/mol. The van der Waals surface area contributed by atoms with E-state index in [2.05, 4.69) is 55.6 Å². The SMILES string of the molecule is CC1(C)C=CC=C2C=CCNC2=C1. The van der Waals surface area contributed by atoms with Gasteiger partial charge in [0.15, 0.2) is 0 Å². The highest BCUT2D eigenvalue weighted by molar-refractivity contribution is 5.46. The van der Waals surface area contributed by atoms with Crippen molar-refractivity contribution in [2.45, 2.75) is 13.8 Å². The fourth-order valence-corrected chi connectivity index (χ4v) is 1.65. The molecule has 68 valence electrons. The van der Waals surface area contributed by atoms with Crippen molar-refractivity contribution in [3.63, 3.8) is 0 Å². The third-order valence-electron chi connectivity index (χ3n) is 2.34. The summed E-state index contributed by atoms with van der Waals surface area (Å²) >= 11 is 0. The first kappa shape index (κ1) is 8.36. The molecule has 0 aromatic heterocycles. The maximum atomic E-state index is 3.38. The third kappa shape index (κ3) is 1.74. The van der Waals surface area contributed by atoms with Gasteiger partial charge >= 0.3 is 0 Å². The second-order valence-electron chi connectivity index (χ2n) is 4.14. The van der Waals surface area contributed by atoms with E-state index in [4.69, 9.17) is 0 Å². The van der Waals surface area contributed by atoms with Gasteiger partial charge in [-0.25, -0.2) is 0 Å². The third-order valence-corrected chi connectivity index (χ3v) is 2.34. The number of fused-ring (bicyclic) bond motifs is 1. The molecule has 0 spiro atoms. The van der Waals surface area contributed by atoms with Gasteiger partial charge in [-0.15, -0.1) is 0 Å². The Balaban J connectivity index is 2.43. The lowest BCUT2D eigenvalue weighted by Crippen LogP contribution is -2.19. The number of allylic oxidation sites excluding steroid dienone is 5. The highest BCUT2D eigenvalue weighted by atomic mass is 14.9. The van der Waals surface area contributed by atoms with Crippen LogP contribution in [0.25, 0.3) is 0 Å². The molecule has 0 fully saturated rings. The van der Waals surface area contributed by atoms with E-state index in [9.17, 15) is 0 Å². The number of rotatable bonds is 0. The lowest BCUT2D eigenvalue weighted by Gasteiger charge is -2.19. The van der Waals surface area contributed by atoms with Gasteiger partial charge in [0.25, 0.3) is 0 Å². The van der Waals surface area contributed by atoms with Crippen molar-refractivity contribution in [1.29, 1.82) is 0 Å². The molecule has 0 bridgehead atoms. The van der Waals surface area contributed by atoms with Crippen LogP contribution in [0.1, 0.15) is 13.8 Å². The molecule has 0 unspecified atom stereocenters. The van der Waals surface area contributed by atoms with E-state index in [0.29, 0.717) is 0 Å². The van der Waals surface area contributed by atoms with Crippen LogP contribution in [0.2, 0.25) is 0 Å². The van der Waals surface area contributed by atoms with Gasteiger partial charge in [0, 0.05) is 17.7 Å². The summed E-state index contributed by atoms with van der Waals surface area (Å²) in [6.45, 7) is 5.37. The van der Waals surface area contributed by atoms with Gasteiger partial charge in [-0.2, -0.15) is 0 Å². The Bertz CT molecular complexity index is 327. The van der Waals surface area contributed by atoms with Crippen LogP contribution in [0.4, 0.5) is 0 Å². The molecule has 1 heteroatoms. The molecule has 1 aliphatic carbocycles. The van der Waals surface area contributed by atoms with E-state index in [1.54, 1.807) is 0 Å². The van der Waals surface area contributed by atoms with Crippen LogP contribution in [0.15, 0.2) is 47.7 Å². The standard InChI is InChI=1S/C12H15N/c1-12(2)7-3-5-10-6-4-8-13-11(10)9-12/h3-7,9,13H,8H2,1-2H3. The molecule has 13 heavy (non-hydrogen) atoms. The van der Waals surface area contributed by atoms with Crippen LogP contribution in [0.5, 0.6) is 0 Å². The topological polar surface area (TPSA) is 12.0 Å². The fourth-order valence-electron chi connectivity index (χ4n) is 1.65. The lowest BCUT2D eigenvalue weighted by atomic mass is 9.91. The summed E-state index contributed by atoms with van der Waals surface area (Å²) in [6, 6.07) is 0. The maximum Gasteiger partial charge on any atom is 0.0384 e. The molecular formula is C12H15N. The monoisotopic (exact) mass is 173 g/mol. The first-order chi connectivity index (χ1) is 6.17. The molecule has 0 atom stereocenters. The van der Waals surface area contributed by atoms with Crippen LogP contribution in [-0.2, 0) is 0 Å². The maximum absolute atomic E-state index is 3.38. The fraction of sp³-hybridized carbons (Fsp3) is 0.333. The zero-order chi connectivity index (χ0) is 9.31. The second kappa shape index (κ2) is 2.91. The summed E-state index contributed by atoms with van der Waals surface area (Å²) in [7, 11) is 0. The van der Waals surface area contributed by atoms with E-state index in [0.717, 1.165) is 6.54 Å². The molecule has 0 amide bonds. The second-order valence-corrected chi connectivity index (χ2v) is 4.14. The highest BCUT2D eigenvalue weighted by Gasteiger charge is 2.16. The average Bonchev–Trinajstić information content (AvgIpc) is 2.21. The van der Waals surface area contributed by atoms with Gasteiger partial charge < -0.3 is 5.32 Å². The van der Waals surface area contributed by atoms with E-state index < -0.39 is 0 Å². The van der Waals surface area contributed by atoms with E-state index >= 15 is 0 Å². The summed E-state index contributed by atoms with van der Waals surface area (Å²) in [5.74, 6) is 0. The normalized spacial score (nSPS) is 23.8. The van der Waals surface area contributed by atoms with Gasteiger partial charge in [0.1, 0.15) is 0 Å². The van der Waals surface area contributed by atoms with Gasteiger partial charge in [-0.05, 0) is 5.57 Å². The van der Waals surface area contributed by atoms with Crippen molar-refractivity contribution in [2.24, 2.45) is 5.41 Å². The minimum Gasteiger partial charge on any atom is -0.381 e. The van der Waals surface area contributed by atoms with Crippen LogP contribution in [-0.4, -0.2) is 6.54 Å². The molecule has 0 aromatic carbocycles. The van der Waals surface area contributed by atoms with Crippen molar-refractivity contribution in [3.05, 3.63) is 47.7 Å². The minimum atomic E-state index is 0.158. The smallest absolute Gasteiger partial charge is 0.0384 e. The van der Waals surface area contributed by atoms with Gasteiger partial charge in [-0.3, -0.25) is 0 Å². The highest BCUT2D eigenvalue weighted by Crippen LogP contribution is 2.27. The molecule has 2 aliphatic rings. The van der Waals surface area contributed by atoms with Crippen molar-refractivity contribution >= 4 is 0 Å². The molecule has 2 rings (SSSR count). The van der Waals surface area contributed by atoms with Crippen molar-refractivity contribution in [3.8, 4) is 0 Å². The summed E-state index contributed by atoms with van der Waals surface area (Å²) in [5, 5.41) is 3.38. The van der Waals surface area contributed by atoms with Gasteiger partial charge in [-0.1, -0.05) is 50.3 Å². The molecular weight excluding hydrogens is 158 g/mol. The largest absolute Gasteiger partial charge is 0.381 e. The Labute approximate surface area is 79.5 Å². The van der Waals surface area contributed by atoms with Crippen LogP contribution < -0.4 is 5.32 Å². The van der Waals surface area contributed by atoms with Crippen molar-refractivity contribution in [1.82, 2.24) is 5.32 Å². The number of hydrogen-bond donors (Lipinski definition) is 1. The van der Waals surface area contributed by atoms with E-state index in [1.807, 2.05) is 0 Å². The first-order valence-corrected chi connectivity index (χ1v) is 4.71. The predicted octanol–water partition coefficient (Wildman–Crippen LogP) is 2.55. The van der Waals surface area contributed by atoms with Gasteiger partial charge in [0.2, 0.25) is 0 Å². The molecule has 0 saturated carbocycles. The molecule has 1 heterocycles. The molecule has 1 N–H and O–H groups in total. The van der Waals surface area contributed by atoms with E-state index in [-0.39, 0.29) is 5.41 Å². The Morgan fingerprint density at radius 2 is 2.23 bits per heavy atom. The minimum absolute atomic E-state index is 0.158. The summed E-state index contributed by atoms with van der Waals surface area (Å²) in [4.78, 5) is 0.